The molecule has 4 heteroatoms. The second-order valence-corrected chi connectivity index (χ2v) is 4.77. The van der Waals surface area contributed by atoms with Gasteiger partial charge in [0.25, 0.3) is 0 Å². The highest BCUT2D eigenvalue weighted by molar-refractivity contribution is 5.77. The molecule has 0 amide bonds. The number of carboxylic acid groups (broad SMARTS) is 1. The maximum Gasteiger partial charge on any atom is 0.337 e. The van der Waals surface area contributed by atoms with E-state index >= 15 is 0 Å². The van der Waals surface area contributed by atoms with Crippen molar-refractivity contribution >= 4 is 11.7 Å². The molecule has 2 rings (SSSR count). The van der Waals surface area contributed by atoms with Crippen molar-refractivity contribution in [2.75, 3.05) is 11.9 Å². The molecule has 0 fully saturated rings. The Morgan fingerprint density at radius 3 is 2.82 bits per heavy atom. The molecule has 0 heterocycles. The highest BCUT2D eigenvalue weighted by Crippen LogP contribution is 2.25. The zero-order chi connectivity index (χ0) is 12.5. The van der Waals surface area contributed by atoms with Gasteiger partial charge in [0.05, 0.1) is 6.54 Å². The molecule has 1 aliphatic rings. The molecule has 0 saturated carbocycles. The van der Waals surface area contributed by atoms with E-state index in [-0.39, 0.29) is 6.54 Å². The lowest BCUT2D eigenvalue weighted by atomic mass is 10.1. The first-order chi connectivity index (χ1) is 7.99. The Morgan fingerprint density at radius 1 is 1.41 bits per heavy atom. The molecule has 1 aromatic carbocycles. The van der Waals surface area contributed by atoms with Gasteiger partial charge in [0.1, 0.15) is 0 Å². The normalized spacial score (nSPS) is 17.3. The number of benzene rings is 1. The molecule has 0 bridgehead atoms. The Hall–Kier alpha value is -1.55. The average Bonchev–Trinajstić information content (AvgIpc) is 2.73. The van der Waals surface area contributed by atoms with Crippen molar-refractivity contribution in [1.82, 2.24) is 0 Å². The summed E-state index contributed by atoms with van der Waals surface area (Å²) in [5.74, 6) is -1.22. The van der Waals surface area contributed by atoms with Crippen LogP contribution in [0.15, 0.2) is 18.2 Å². The summed E-state index contributed by atoms with van der Waals surface area (Å²) in [5, 5.41) is 21.3. The van der Waals surface area contributed by atoms with Crippen LogP contribution in [0.5, 0.6) is 0 Å². The third-order valence-corrected chi connectivity index (χ3v) is 3.20. The summed E-state index contributed by atoms with van der Waals surface area (Å²) < 4.78 is 0. The van der Waals surface area contributed by atoms with E-state index in [9.17, 15) is 9.90 Å². The van der Waals surface area contributed by atoms with Gasteiger partial charge in [-0.3, -0.25) is 0 Å². The molecule has 0 radical (unpaired) electrons. The first-order valence-corrected chi connectivity index (χ1v) is 5.80. The van der Waals surface area contributed by atoms with Gasteiger partial charge in [-0.15, -0.1) is 0 Å². The number of hydrogen-bond donors (Lipinski definition) is 3. The summed E-state index contributed by atoms with van der Waals surface area (Å²) in [6.07, 6.45) is 3.40. The molecule has 0 aromatic heterocycles. The molecule has 1 aliphatic carbocycles. The van der Waals surface area contributed by atoms with E-state index in [1.54, 1.807) is 0 Å². The largest absolute Gasteiger partial charge is 0.479 e. The maximum absolute atomic E-state index is 10.7. The van der Waals surface area contributed by atoms with Gasteiger partial charge in [0.15, 0.2) is 5.60 Å². The fourth-order valence-electron chi connectivity index (χ4n) is 2.03. The second-order valence-electron chi connectivity index (χ2n) is 4.77. The number of fused-ring (bicyclic) bond motifs is 1. The van der Waals surface area contributed by atoms with Crippen LogP contribution in [-0.2, 0) is 17.6 Å². The van der Waals surface area contributed by atoms with Crippen LogP contribution in [0.2, 0.25) is 0 Å². The van der Waals surface area contributed by atoms with Crippen LogP contribution in [0.4, 0.5) is 5.69 Å². The Bertz CT molecular complexity index is 440. The summed E-state index contributed by atoms with van der Waals surface area (Å²) in [6, 6.07) is 6.04. The van der Waals surface area contributed by atoms with Gasteiger partial charge in [0.2, 0.25) is 0 Å². The molecule has 0 saturated heterocycles. The van der Waals surface area contributed by atoms with Crippen molar-refractivity contribution in [3.8, 4) is 0 Å². The molecule has 1 aromatic rings. The van der Waals surface area contributed by atoms with Crippen molar-refractivity contribution < 1.29 is 15.0 Å². The van der Waals surface area contributed by atoms with Gasteiger partial charge in [-0.2, -0.15) is 0 Å². The number of aliphatic carboxylic acids is 1. The maximum atomic E-state index is 10.7. The molecule has 1 atom stereocenters. The zero-order valence-electron chi connectivity index (χ0n) is 9.86. The number of aliphatic hydroxyl groups is 1. The lowest BCUT2D eigenvalue weighted by Crippen LogP contribution is -2.41. The number of carboxylic acids is 1. The topological polar surface area (TPSA) is 69.6 Å². The van der Waals surface area contributed by atoms with E-state index in [2.05, 4.69) is 11.4 Å². The fourth-order valence-corrected chi connectivity index (χ4v) is 2.03. The summed E-state index contributed by atoms with van der Waals surface area (Å²) in [7, 11) is 0. The second kappa shape index (κ2) is 4.37. The van der Waals surface area contributed by atoms with Crippen LogP contribution in [0.3, 0.4) is 0 Å². The third-order valence-electron chi connectivity index (χ3n) is 3.20. The molecule has 3 N–H and O–H groups in total. The van der Waals surface area contributed by atoms with Crippen LogP contribution in [0, 0.1) is 0 Å². The SMILES string of the molecule is CC(O)(CNc1ccc2c(c1)CCC2)C(=O)O. The van der Waals surface area contributed by atoms with E-state index in [1.807, 2.05) is 12.1 Å². The van der Waals surface area contributed by atoms with Gasteiger partial charge in [-0.05, 0) is 49.4 Å². The monoisotopic (exact) mass is 235 g/mol. The smallest absolute Gasteiger partial charge is 0.337 e. The van der Waals surface area contributed by atoms with Crippen molar-refractivity contribution in [3.05, 3.63) is 29.3 Å². The highest BCUT2D eigenvalue weighted by atomic mass is 16.4. The Balaban J connectivity index is 2.03. The zero-order valence-corrected chi connectivity index (χ0v) is 9.86. The van der Waals surface area contributed by atoms with Crippen molar-refractivity contribution in [3.63, 3.8) is 0 Å². The molecule has 4 nitrogen and oxygen atoms in total. The minimum Gasteiger partial charge on any atom is -0.479 e. The van der Waals surface area contributed by atoms with Crippen molar-refractivity contribution in [2.24, 2.45) is 0 Å². The summed E-state index contributed by atoms with van der Waals surface area (Å²) in [5.41, 5.74) is 1.83. The first-order valence-electron chi connectivity index (χ1n) is 5.80. The number of hydrogen-bond acceptors (Lipinski definition) is 3. The minimum atomic E-state index is -1.74. The Labute approximate surface area is 100 Å². The minimum absolute atomic E-state index is 0.00111. The number of rotatable bonds is 4. The number of aryl methyl sites for hydroxylation is 2. The van der Waals surface area contributed by atoms with E-state index in [1.165, 1.54) is 24.5 Å². The quantitative estimate of drug-likeness (QED) is 0.738. The van der Waals surface area contributed by atoms with Gasteiger partial charge < -0.3 is 15.5 Å². The molecule has 1 unspecified atom stereocenters. The number of nitrogens with one attached hydrogen (secondary N) is 1. The van der Waals surface area contributed by atoms with E-state index < -0.39 is 11.6 Å². The van der Waals surface area contributed by atoms with E-state index in [0.717, 1.165) is 18.5 Å². The van der Waals surface area contributed by atoms with Crippen LogP contribution >= 0.6 is 0 Å². The Kier molecular flexibility index (Phi) is 3.07. The van der Waals surface area contributed by atoms with E-state index in [4.69, 9.17) is 5.11 Å². The molecule has 0 spiro atoms. The highest BCUT2D eigenvalue weighted by Gasteiger charge is 2.29. The molecule has 92 valence electrons. The number of carbonyl (C=O) groups is 1. The molecule has 0 aliphatic heterocycles. The van der Waals surface area contributed by atoms with Crippen LogP contribution < -0.4 is 5.32 Å². The van der Waals surface area contributed by atoms with Gasteiger partial charge in [-0.1, -0.05) is 6.07 Å². The van der Waals surface area contributed by atoms with Gasteiger partial charge in [-0.25, -0.2) is 4.79 Å². The standard InChI is InChI=1S/C13H17NO3/c1-13(17,12(15)16)8-14-11-6-5-9-3-2-4-10(9)7-11/h5-7,14,17H,2-4,8H2,1H3,(H,15,16). The predicted octanol–water partition coefficient (Wildman–Crippen LogP) is 1.42. The van der Waals surface area contributed by atoms with Crippen molar-refractivity contribution in [1.29, 1.82) is 0 Å². The molecular formula is C13H17NO3. The average molecular weight is 235 g/mol. The lowest BCUT2D eigenvalue weighted by molar-refractivity contribution is -0.155. The van der Waals surface area contributed by atoms with Crippen LogP contribution in [0.25, 0.3) is 0 Å². The number of anilines is 1. The summed E-state index contributed by atoms with van der Waals surface area (Å²) >= 11 is 0. The lowest BCUT2D eigenvalue weighted by Gasteiger charge is -2.19. The van der Waals surface area contributed by atoms with Crippen LogP contribution in [-0.4, -0.2) is 28.3 Å². The predicted molar refractivity (Wildman–Crippen MR) is 65.2 cm³/mol. The first kappa shape index (κ1) is 11.9. The van der Waals surface area contributed by atoms with Gasteiger partial charge >= 0.3 is 5.97 Å². The van der Waals surface area contributed by atoms with E-state index in [0.29, 0.717) is 0 Å². The summed E-state index contributed by atoms with van der Waals surface area (Å²) in [4.78, 5) is 10.7. The fraction of sp³-hybridized carbons (Fsp3) is 0.462. The third kappa shape index (κ3) is 2.58. The molecular weight excluding hydrogens is 218 g/mol. The molecule has 17 heavy (non-hydrogen) atoms. The van der Waals surface area contributed by atoms with Crippen LogP contribution in [0.1, 0.15) is 24.5 Å². The Morgan fingerprint density at radius 2 is 2.12 bits per heavy atom. The summed E-state index contributed by atoms with van der Waals surface area (Å²) in [6.45, 7) is 1.29. The van der Waals surface area contributed by atoms with Crippen molar-refractivity contribution in [2.45, 2.75) is 31.8 Å². The van der Waals surface area contributed by atoms with Gasteiger partial charge in [0, 0.05) is 5.69 Å².